The molecule has 19 rings (SSSR count). The van der Waals surface area contributed by atoms with Crippen LogP contribution in [0.15, 0.2) is 261 Å². The number of para-hydroxylation sites is 3. The van der Waals surface area contributed by atoms with Crippen LogP contribution >= 0.6 is 0 Å². The predicted molar refractivity (Wildman–Crippen MR) is 374 cm³/mol. The molecule has 0 spiro atoms. The third-order valence-electron chi connectivity index (χ3n) is 21.1. The van der Waals surface area contributed by atoms with E-state index in [1.54, 1.807) is 0 Å². The van der Waals surface area contributed by atoms with Crippen LogP contribution in [0, 0.1) is 0 Å². The quantitative estimate of drug-likeness (QED) is 0.166. The second-order valence-electron chi connectivity index (χ2n) is 26.9. The molecule has 0 amide bonds. The van der Waals surface area contributed by atoms with Crippen LogP contribution in [0.25, 0.3) is 150 Å². The molecular formula is C85H61N5. The Bertz CT molecular complexity index is 5260. The van der Waals surface area contributed by atoms with Gasteiger partial charge in [-0.3, -0.25) is 0 Å². The minimum atomic E-state index is -0.128. The van der Waals surface area contributed by atoms with E-state index in [0.29, 0.717) is 5.82 Å². The van der Waals surface area contributed by atoms with Gasteiger partial charge in [-0.1, -0.05) is 199 Å². The summed E-state index contributed by atoms with van der Waals surface area (Å²) in [5.74, 6) is 0.673. The lowest BCUT2D eigenvalue weighted by Crippen LogP contribution is -2.15. The van der Waals surface area contributed by atoms with Gasteiger partial charge in [-0.25, -0.2) is 9.97 Å². The fraction of sp³-hybridized carbons (Fsp3) is 0.106. The number of hydrogen-bond donors (Lipinski definition) is 0. The van der Waals surface area contributed by atoms with Gasteiger partial charge in [0.1, 0.15) is 0 Å². The van der Waals surface area contributed by atoms with E-state index < -0.39 is 0 Å². The summed E-state index contributed by atoms with van der Waals surface area (Å²) >= 11 is 0. The molecule has 90 heavy (non-hydrogen) atoms. The summed E-state index contributed by atoms with van der Waals surface area (Å²) in [5, 5.41) is 7.09. The third kappa shape index (κ3) is 6.97. The van der Waals surface area contributed by atoms with Gasteiger partial charge in [0.25, 0.3) is 0 Å². The molecule has 0 aliphatic heterocycles. The minimum Gasteiger partial charge on any atom is -0.309 e. The van der Waals surface area contributed by atoms with Crippen LogP contribution in [0.4, 0.5) is 0 Å². The van der Waals surface area contributed by atoms with Crippen LogP contribution in [-0.4, -0.2) is 23.7 Å². The highest BCUT2D eigenvalue weighted by Crippen LogP contribution is 2.53. The van der Waals surface area contributed by atoms with Crippen molar-refractivity contribution < 1.29 is 0 Å². The summed E-state index contributed by atoms with van der Waals surface area (Å²) in [6.45, 7) is 14.2. The first-order valence-electron chi connectivity index (χ1n) is 31.6. The van der Waals surface area contributed by atoms with Crippen molar-refractivity contribution in [2.75, 3.05) is 0 Å². The normalized spacial score (nSPS) is 14.6. The van der Waals surface area contributed by atoms with Crippen LogP contribution in [0.2, 0.25) is 0 Å². The van der Waals surface area contributed by atoms with Gasteiger partial charge < -0.3 is 13.7 Å². The standard InChI is InChI=1S/C85H61N5/c1-83(2)68-25-13-7-19-56(68)59-37-34-53(46-71(59)83)88-76-28-16-10-22-62(76)65-43-50(31-40-79(65)88)74-49-75(51-32-41-80-66(44-51)63-23-11-17-29-77(63)89(80)54-35-38-60-57-20-8-14-26-69(57)84(3,4)72(60)47-54)87-82(86-74)52-33-42-81-67(45-52)64-24-12-18-30-78(64)90(81)55-36-39-61-58-21-9-15-27-70(58)85(5,6)73(61)48-55/h7-49H,1-6H3. The van der Waals surface area contributed by atoms with Gasteiger partial charge in [-0.05, 0) is 170 Å². The van der Waals surface area contributed by atoms with Crippen LogP contribution in [0.1, 0.15) is 74.9 Å². The highest BCUT2D eigenvalue weighted by atomic mass is 15.0. The van der Waals surface area contributed by atoms with Gasteiger partial charge in [0.15, 0.2) is 5.82 Å². The minimum absolute atomic E-state index is 0.125. The van der Waals surface area contributed by atoms with Crippen molar-refractivity contribution in [1.29, 1.82) is 0 Å². The number of hydrogen-bond acceptors (Lipinski definition) is 2. The molecular weight excluding hydrogens is 1090 g/mol. The molecule has 5 heteroatoms. The van der Waals surface area contributed by atoms with Crippen molar-refractivity contribution in [3.63, 3.8) is 0 Å². The van der Waals surface area contributed by atoms with Crippen molar-refractivity contribution >= 4 is 65.4 Å². The molecule has 0 N–H and O–H groups in total. The number of rotatable bonds is 6. The Hall–Kier alpha value is -10.9. The van der Waals surface area contributed by atoms with Gasteiger partial charge >= 0.3 is 0 Å². The van der Waals surface area contributed by atoms with Gasteiger partial charge in [-0.2, -0.15) is 0 Å². The first kappa shape index (κ1) is 51.2. The van der Waals surface area contributed by atoms with Gasteiger partial charge in [0.05, 0.1) is 44.5 Å². The number of fused-ring (bicyclic) bond motifs is 18. The molecule has 4 aromatic heterocycles. The third-order valence-corrected chi connectivity index (χ3v) is 21.1. The number of aromatic nitrogens is 5. The molecule has 0 saturated carbocycles. The van der Waals surface area contributed by atoms with E-state index in [2.05, 4.69) is 316 Å². The SMILES string of the molecule is CC1(C)c2ccccc2-c2ccc(-n3c4ccccc4c4cc(-c5cc(-c6ccc7c(c6)c6ccccc6n7-c6ccc7c(c6)C(C)(C)c6ccccc6-7)nc(-c6ccc7c(c6)c6ccccc6n7-c6ccc7c(c6)C(C)(C)c6ccccc6-7)n5)ccc43)cc21. The van der Waals surface area contributed by atoms with Crippen molar-refractivity contribution in [1.82, 2.24) is 23.7 Å². The number of benzene rings is 12. The van der Waals surface area contributed by atoms with Crippen LogP contribution < -0.4 is 0 Å². The molecule has 12 aromatic carbocycles. The summed E-state index contributed by atoms with van der Waals surface area (Å²) in [6, 6.07) is 97.3. The molecule has 4 heterocycles. The van der Waals surface area contributed by atoms with Crippen molar-refractivity contribution in [2.24, 2.45) is 0 Å². The molecule has 0 saturated heterocycles. The maximum Gasteiger partial charge on any atom is 0.160 e. The molecule has 3 aliphatic rings. The Labute approximate surface area is 522 Å². The first-order valence-corrected chi connectivity index (χ1v) is 31.6. The lowest BCUT2D eigenvalue weighted by Gasteiger charge is -2.22. The van der Waals surface area contributed by atoms with Gasteiger partial charge in [-0.15, -0.1) is 0 Å². The number of nitrogens with zero attached hydrogens (tertiary/aromatic N) is 5. The van der Waals surface area contributed by atoms with Crippen molar-refractivity contribution in [2.45, 2.75) is 57.8 Å². The Kier molecular flexibility index (Phi) is 10.3. The average Bonchev–Trinajstić information content (AvgIpc) is 2.35. The molecule has 0 fully saturated rings. The van der Waals surface area contributed by atoms with E-state index in [0.717, 1.165) is 72.6 Å². The van der Waals surface area contributed by atoms with Crippen molar-refractivity contribution in [3.05, 3.63) is 294 Å². The highest BCUT2D eigenvalue weighted by molar-refractivity contribution is 6.13. The summed E-state index contributed by atoms with van der Waals surface area (Å²) in [4.78, 5) is 11.3. The average molecular weight is 1150 g/mol. The molecule has 0 bridgehead atoms. The lowest BCUT2D eigenvalue weighted by atomic mass is 9.82. The lowest BCUT2D eigenvalue weighted by molar-refractivity contribution is 0.660. The second kappa shape index (κ2) is 18.1. The maximum absolute atomic E-state index is 5.64. The predicted octanol–water partition coefficient (Wildman–Crippen LogP) is 21.7. The van der Waals surface area contributed by atoms with E-state index in [9.17, 15) is 0 Å². The van der Waals surface area contributed by atoms with E-state index in [1.165, 1.54) is 105 Å². The summed E-state index contributed by atoms with van der Waals surface area (Å²) in [6.07, 6.45) is 0. The maximum atomic E-state index is 5.64. The molecule has 3 aliphatic carbocycles. The van der Waals surface area contributed by atoms with E-state index in [-0.39, 0.29) is 16.2 Å². The molecule has 0 unspecified atom stereocenters. The monoisotopic (exact) mass is 1150 g/mol. The summed E-state index contributed by atoms with van der Waals surface area (Å²) < 4.78 is 7.35. The summed E-state index contributed by atoms with van der Waals surface area (Å²) in [5.41, 5.74) is 30.9. The zero-order valence-corrected chi connectivity index (χ0v) is 51.1. The molecule has 0 atom stereocenters. The largest absolute Gasteiger partial charge is 0.309 e. The van der Waals surface area contributed by atoms with Crippen LogP contribution in [0.5, 0.6) is 0 Å². The van der Waals surface area contributed by atoms with Gasteiger partial charge in [0.2, 0.25) is 0 Å². The first-order chi connectivity index (χ1) is 43.9. The molecule has 16 aromatic rings. The van der Waals surface area contributed by atoms with E-state index in [1.807, 2.05) is 0 Å². The molecule has 5 nitrogen and oxygen atoms in total. The Morgan fingerprint density at radius 3 is 0.889 bits per heavy atom. The zero-order chi connectivity index (χ0) is 60.1. The Morgan fingerprint density at radius 1 is 0.233 bits per heavy atom. The van der Waals surface area contributed by atoms with Gasteiger partial charge in [0, 0.05) is 82.3 Å². The van der Waals surface area contributed by atoms with Crippen LogP contribution in [-0.2, 0) is 16.2 Å². The smallest absolute Gasteiger partial charge is 0.160 e. The van der Waals surface area contributed by atoms with E-state index >= 15 is 0 Å². The second-order valence-corrected chi connectivity index (χ2v) is 26.9. The van der Waals surface area contributed by atoms with E-state index in [4.69, 9.17) is 9.97 Å². The Balaban J connectivity index is 0.790. The highest BCUT2D eigenvalue weighted by Gasteiger charge is 2.38. The Morgan fingerprint density at radius 2 is 0.522 bits per heavy atom. The topological polar surface area (TPSA) is 40.6 Å². The summed E-state index contributed by atoms with van der Waals surface area (Å²) in [7, 11) is 0. The van der Waals surface area contributed by atoms with Crippen LogP contribution in [0.3, 0.4) is 0 Å². The zero-order valence-electron chi connectivity index (χ0n) is 51.1. The molecule has 426 valence electrons. The fourth-order valence-corrected chi connectivity index (χ4v) is 16.6. The van der Waals surface area contributed by atoms with Crippen molar-refractivity contribution in [3.8, 4) is 84.3 Å². The fourth-order valence-electron chi connectivity index (χ4n) is 16.6. The molecule has 0 radical (unpaired) electrons.